The van der Waals surface area contributed by atoms with Crippen LogP contribution in [0.1, 0.15) is 37.3 Å². The molecule has 0 radical (unpaired) electrons. The molecule has 1 aliphatic carbocycles. The van der Waals surface area contributed by atoms with Crippen molar-refractivity contribution in [2.24, 2.45) is 0 Å². The minimum absolute atomic E-state index is 0.106. The molecule has 132 valence electrons. The first-order chi connectivity index (χ1) is 12.0. The Morgan fingerprint density at radius 3 is 2.60 bits per heavy atom. The summed E-state index contributed by atoms with van der Waals surface area (Å²) in [6, 6.07) is 1.51. The molecule has 2 heterocycles. The standard InChI is InChI=1S/C19H21FN2O3/c1-11(23)14-10-22(12-5-6-12)16-13(18(14)24)9-15(20)17(19(16)25-2)21-7-3-4-8-21/h9-10,12,23H,1,3-8H2,2H3. The van der Waals surface area contributed by atoms with Gasteiger partial charge < -0.3 is 19.3 Å². The highest BCUT2D eigenvalue weighted by atomic mass is 19.1. The number of fused-ring (bicyclic) bond motifs is 1. The number of halogens is 1. The van der Waals surface area contributed by atoms with Crippen LogP contribution in [0.25, 0.3) is 16.7 Å². The fourth-order valence-electron chi connectivity index (χ4n) is 3.72. The van der Waals surface area contributed by atoms with Crippen LogP contribution in [0.3, 0.4) is 0 Å². The third-order valence-electron chi connectivity index (χ3n) is 5.08. The zero-order chi connectivity index (χ0) is 17.7. The number of benzene rings is 1. The molecular formula is C19H21FN2O3. The second-order valence-electron chi connectivity index (χ2n) is 6.79. The summed E-state index contributed by atoms with van der Waals surface area (Å²) in [4.78, 5) is 14.7. The van der Waals surface area contributed by atoms with E-state index in [1.165, 1.54) is 13.2 Å². The van der Waals surface area contributed by atoms with Crippen LogP contribution >= 0.6 is 0 Å². The highest BCUT2D eigenvalue weighted by Crippen LogP contribution is 2.44. The van der Waals surface area contributed by atoms with Crippen LogP contribution in [0.5, 0.6) is 5.75 Å². The third-order valence-corrected chi connectivity index (χ3v) is 5.08. The van der Waals surface area contributed by atoms with E-state index in [1.807, 2.05) is 9.47 Å². The van der Waals surface area contributed by atoms with Gasteiger partial charge in [-0.25, -0.2) is 4.39 Å². The number of nitrogens with zero attached hydrogens (tertiary/aromatic N) is 2. The maximum atomic E-state index is 14.9. The van der Waals surface area contributed by atoms with E-state index in [4.69, 9.17) is 4.74 Å². The molecule has 0 amide bonds. The van der Waals surface area contributed by atoms with Crippen LogP contribution in [0, 0.1) is 5.82 Å². The maximum Gasteiger partial charge on any atom is 0.200 e. The Morgan fingerprint density at radius 2 is 2.04 bits per heavy atom. The highest BCUT2D eigenvalue weighted by molar-refractivity contribution is 5.93. The predicted octanol–water partition coefficient (Wildman–Crippen LogP) is 3.61. The van der Waals surface area contributed by atoms with Gasteiger partial charge in [-0.3, -0.25) is 4.79 Å². The summed E-state index contributed by atoms with van der Waals surface area (Å²) in [5.41, 5.74) is 0.708. The zero-order valence-electron chi connectivity index (χ0n) is 14.2. The molecule has 4 rings (SSSR count). The van der Waals surface area contributed by atoms with Gasteiger partial charge in [-0.05, 0) is 31.7 Å². The van der Waals surface area contributed by atoms with Crippen LogP contribution in [0.15, 0.2) is 23.6 Å². The fourth-order valence-corrected chi connectivity index (χ4v) is 3.72. The molecule has 2 aliphatic rings. The van der Waals surface area contributed by atoms with Gasteiger partial charge in [0.25, 0.3) is 0 Å². The van der Waals surface area contributed by atoms with E-state index >= 15 is 0 Å². The van der Waals surface area contributed by atoms with Crippen LogP contribution in [-0.2, 0) is 0 Å². The summed E-state index contributed by atoms with van der Waals surface area (Å²) in [5.74, 6) is -0.369. The van der Waals surface area contributed by atoms with Crippen molar-refractivity contribution >= 4 is 22.3 Å². The number of pyridine rings is 1. The Kier molecular flexibility index (Phi) is 3.71. The normalized spacial score (nSPS) is 17.3. The molecule has 1 N–H and O–H groups in total. The smallest absolute Gasteiger partial charge is 0.200 e. The lowest BCUT2D eigenvalue weighted by molar-refractivity contribution is 0.413. The molecular weight excluding hydrogens is 323 g/mol. The fraction of sp³-hybridized carbons (Fsp3) is 0.421. The van der Waals surface area contributed by atoms with Gasteiger partial charge in [-0.1, -0.05) is 6.58 Å². The first-order valence-corrected chi connectivity index (χ1v) is 8.61. The minimum Gasteiger partial charge on any atom is -0.508 e. The van der Waals surface area contributed by atoms with Crippen LogP contribution in [-0.4, -0.2) is 29.9 Å². The number of hydrogen-bond donors (Lipinski definition) is 1. The Bertz CT molecular complexity index is 925. The van der Waals surface area contributed by atoms with Crippen molar-refractivity contribution in [2.75, 3.05) is 25.1 Å². The van der Waals surface area contributed by atoms with Gasteiger partial charge in [0.1, 0.15) is 11.4 Å². The van der Waals surface area contributed by atoms with Crippen molar-refractivity contribution in [3.8, 4) is 5.75 Å². The Balaban J connectivity index is 2.10. The van der Waals surface area contributed by atoms with Crippen molar-refractivity contribution < 1.29 is 14.2 Å². The number of methoxy groups -OCH3 is 1. The van der Waals surface area contributed by atoms with E-state index < -0.39 is 11.2 Å². The monoisotopic (exact) mass is 344 g/mol. The van der Waals surface area contributed by atoms with Crippen molar-refractivity contribution in [3.05, 3.63) is 40.4 Å². The molecule has 0 atom stereocenters. The number of hydrogen-bond acceptors (Lipinski definition) is 4. The molecule has 0 unspecified atom stereocenters. The number of aliphatic hydroxyl groups is 1. The number of ether oxygens (including phenoxy) is 1. The van der Waals surface area contributed by atoms with Crippen LogP contribution in [0.4, 0.5) is 10.1 Å². The highest BCUT2D eigenvalue weighted by Gasteiger charge is 2.31. The Hall–Kier alpha value is -2.50. The van der Waals surface area contributed by atoms with E-state index in [2.05, 4.69) is 6.58 Å². The van der Waals surface area contributed by atoms with Crippen molar-refractivity contribution in [3.63, 3.8) is 0 Å². The largest absolute Gasteiger partial charge is 0.508 e. The van der Waals surface area contributed by atoms with Gasteiger partial charge in [0.2, 0.25) is 5.43 Å². The SMILES string of the molecule is C=C(O)c1cn(C2CC2)c2c(OC)c(N3CCCC3)c(F)cc2c1=O. The van der Waals surface area contributed by atoms with Gasteiger partial charge in [-0.2, -0.15) is 0 Å². The molecule has 25 heavy (non-hydrogen) atoms. The van der Waals surface area contributed by atoms with E-state index in [1.54, 1.807) is 6.20 Å². The van der Waals surface area contributed by atoms with Gasteiger partial charge >= 0.3 is 0 Å². The molecule has 1 aliphatic heterocycles. The van der Waals surface area contributed by atoms with Crippen molar-refractivity contribution in [1.82, 2.24) is 4.57 Å². The molecule has 0 bridgehead atoms. The third kappa shape index (κ3) is 2.47. The lowest BCUT2D eigenvalue weighted by Crippen LogP contribution is -2.22. The zero-order valence-corrected chi connectivity index (χ0v) is 14.2. The lowest BCUT2D eigenvalue weighted by Gasteiger charge is -2.24. The molecule has 1 aromatic heterocycles. The predicted molar refractivity (Wildman–Crippen MR) is 96.1 cm³/mol. The lowest BCUT2D eigenvalue weighted by atomic mass is 10.1. The summed E-state index contributed by atoms with van der Waals surface area (Å²) in [6.07, 6.45) is 5.61. The number of anilines is 1. The Morgan fingerprint density at radius 1 is 1.36 bits per heavy atom. The van der Waals surface area contributed by atoms with Crippen LogP contribution < -0.4 is 15.1 Å². The van der Waals surface area contributed by atoms with Crippen LogP contribution in [0.2, 0.25) is 0 Å². The average molecular weight is 344 g/mol. The Labute approximate surface area is 144 Å². The van der Waals surface area contributed by atoms with Crippen molar-refractivity contribution in [2.45, 2.75) is 31.7 Å². The summed E-state index contributed by atoms with van der Waals surface area (Å²) in [6.45, 7) is 5.02. The molecule has 2 fully saturated rings. The molecule has 6 heteroatoms. The minimum atomic E-state index is -0.466. The molecule has 1 aromatic carbocycles. The van der Waals surface area contributed by atoms with E-state index in [-0.39, 0.29) is 22.8 Å². The topological polar surface area (TPSA) is 54.7 Å². The van der Waals surface area contributed by atoms with E-state index in [9.17, 15) is 14.3 Å². The molecule has 1 saturated carbocycles. The molecule has 1 saturated heterocycles. The van der Waals surface area contributed by atoms with E-state index in [0.717, 1.165) is 38.8 Å². The first-order valence-electron chi connectivity index (χ1n) is 8.61. The molecule has 0 spiro atoms. The van der Waals surface area contributed by atoms with Crippen molar-refractivity contribution in [1.29, 1.82) is 0 Å². The van der Waals surface area contributed by atoms with Gasteiger partial charge in [0.05, 0.1) is 23.6 Å². The summed E-state index contributed by atoms with van der Waals surface area (Å²) >= 11 is 0. The molecule has 5 nitrogen and oxygen atoms in total. The van der Waals surface area contributed by atoms with E-state index in [0.29, 0.717) is 17.0 Å². The van der Waals surface area contributed by atoms with Gasteiger partial charge in [-0.15, -0.1) is 0 Å². The number of rotatable bonds is 4. The average Bonchev–Trinajstić information content (AvgIpc) is 3.29. The maximum absolute atomic E-state index is 14.9. The van der Waals surface area contributed by atoms with Gasteiger partial charge in [0.15, 0.2) is 11.6 Å². The number of aromatic nitrogens is 1. The van der Waals surface area contributed by atoms with Gasteiger partial charge in [0, 0.05) is 25.3 Å². The first kappa shape index (κ1) is 16.0. The second kappa shape index (κ2) is 5.79. The molecule has 2 aromatic rings. The second-order valence-corrected chi connectivity index (χ2v) is 6.79. The summed E-state index contributed by atoms with van der Waals surface area (Å²) in [5, 5.41) is 9.99. The quantitative estimate of drug-likeness (QED) is 0.861. The number of aliphatic hydroxyl groups excluding tert-OH is 1. The summed E-state index contributed by atoms with van der Waals surface area (Å²) < 4.78 is 22.5. The summed E-state index contributed by atoms with van der Waals surface area (Å²) in [7, 11) is 1.51.